The topological polar surface area (TPSA) is 80.5 Å². The molecule has 68 valence electrons. The Morgan fingerprint density at radius 2 is 2.21 bits per heavy atom. The number of pyridine rings is 1. The van der Waals surface area contributed by atoms with Crippen LogP contribution in [0.15, 0.2) is 24.8 Å². The van der Waals surface area contributed by atoms with E-state index in [-0.39, 0.29) is 0 Å². The molecule has 0 aromatic carbocycles. The predicted octanol–water partition coefficient (Wildman–Crippen LogP) is 1.09. The Kier molecular flexibility index (Phi) is 1.25. The number of nitrogens with one attached hydrogen (secondary N) is 1. The van der Waals surface area contributed by atoms with Crippen LogP contribution < -0.4 is 5.73 Å². The summed E-state index contributed by atoms with van der Waals surface area (Å²) in [4.78, 5) is 15.2. The number of nitrogen functional groups attached to an aromatic ring is 1. The quantitative estimate of drug-likeness (QED) is 0.549. The van der Waals surface area contributed by atoms with Crippen LogP contribution in [0.3, 0.4) is 0 Å². The van der Waals surface area contributed by atoms with Crippen molar-refractivity contribution in [3.8, 4) is 0 Å². The fourth-order valence-corrected chi connectivity index (χ4v) is 1.59. The molecule has 0 fully saturated rings. The molecule has 0 saturated heterocycles. The summed E-state index contributed by atoms with van der Waals surface area (Å²) in [6.45, 7) is 0. The SMILES string of the molecule is Nc1ncnc2[nH]c3ccncc3c12. The van der Waals surface area contributed by atoms with Gasteiger partial charge in [-0.1, -0.05) is 0 Å². The normalized spacial score (nSPS) is 11.1. The summed E-state index contributed by atoms with van der Waals surface area (Å²) in [5, 5.41) is 1.80. The number of hydrogen-bond donors (Lipinski definition) is 2. The molecule has 3 aromatic rings. The summed E-state index contributed by atoms with van der Waals surface area (Å²) >= 11 is 0. The van der Waals surface area contributed by atoms with Gasteiger partial charge in [0.05, 0.1) is 10.9 Å². The Bertz CT molecular complexity index is 613. The van der Waals surface area contributed by atoms with E-state index in [4.69, 9.17) is 5.73 Å². The maximum atomic E-state index is 5.77. The van der Waals surface area contributed by atoms with Gasteiger partial charge in [0.25, 0.3) is 0 Å². The van der Waals surface area contributed by atoms with Crippen LogP contribution in [-0.4, -0.2) is 19.9 Å². The number of hydrogen-bond acceptors (Lipinski definition) is 4. The maximum Gasteiger partial charge on any atom is 0.144 e. The van der Waals surface area contributed by atoms with Crippen LogP contribution in [0.25, 0.3) is 21.9 Å². The van der Waals surface area contributed by atoms with E-state index in [9.17, 15) is 0 Å². The lowest BCUT2D eigenvalue weighted by atomic mass is 10.2. The third-order valence-corrected chi connectivity index (χ3v) is 2.22. The summed E-state index contributed by atoms with van der Waals surface area (Å²) in [7, 11) is 0. The third kappa shape index (κ3) is 0.806. The van der Waals surface area contributed by atoms with Crippen LogP contribution in [0.2, 0.25) is 0 Å². The molecule has 3 heterocycles. The number of aromatic amines is 1. The van der Waals surface area contributed by atoms with Crippen LogP contribution in [-0.2, 0) is 0 Å². The zero-order valence-corrected chi connectivity index (χ0v) is 7.23. The molecule has 0 atom stereocenters. The van der Waals surface area contributed by atoms with E-state index in [2.05, 4.69) is 19.9 Å². The summed E-state index contributed by atoms with van der Waals surface area (Å²) in [5.41, 5.74) is 7.49. The molecule has 5 nitrogen and oxygen atoms in total. The average molecular weight is 185 g/mol. The van der Waals surface area contributed by atoms with Gasteiger partial charge in [0.1, 0.15) is 17.8 Å². The zero-order chi connectivity index (χ0) is 9.54. The van der Waals surface area contributed by atoms with Crippen LogP contribution in [0.1, 0.15) is 0 Å². The first-order chi connectivity index (χ1) is 6.86. The first-order valence-corrected chi connectivity index (χ1v) is 4.18. The lowest BCUT2D eigenvalue weighted by Gasteiger charge is -1.92. The first-order valence-electron chi connectivity index (χ1n) is 4.18. The molecule has 3 aromatic heterocycles. The molecule has 0 radical (unpaired) electrons. The second kappa shape index (κ2) is 2.41. The zero-order valence-electron chi connectivity index (χ0n) is 7.23. The Balaban J connectivity index is 2.65. The number of anilines is 1. The van der Waals surface area contributed by atoms with Crippen molar-refractivity contribution in [1.82, 2.24) is 19.9 Å². The van der Waals surface area contributed by atoms with Crippen molar-refractivity contribution in [2.24, 2.45) is 0 Å². The smallest absolute Gasteiger partial charge is 0.144 e. The molecule has 0 bridgehead atoms. The van der Waals surface area contributed by atoms with Gasteiger partial charge in [-0.25, -0.2) is 9.97 Å². The molecule has 0 saturated carbocycles. The van der Waals surface area contributed by atoms with E-state index in [1.165, 1.54) is 6.33 Å². The molecule has 14 heavy (non-hydrogen) atoms. The van der Waals surface area contributed by atoms with Gasteiger partial charge in [-0.15, -0.1) is 0 Å². The molecule has 0 amide bonds. The Morgan fingerprint density at radius 1 is 1.29 bits per heavy atom. The highest BCUT2D eigenvalue weighted by molar-refractivity contribution is 6.10. The minimum absolute atomic E-state index is 0.481. The number of H-pyrrole nitrogens is 1. The molecule has 3 rings (SSSR count). The standard InChI is InChI=1S/C9H7N5/c10-8-7-5-3-11-2-1-6(5)14-9(7)13-4-12-8/h1-4H,(H3,10,12,13,14). The number of nitrogens with zero attached hydrogens (tertiary/aromatic N) is 3. The summed E-state index contributed by atoms with van der Waals surface area (Å²) in [5.74, 6) is 0.481. The van der Waals surface area contributed by atoms with Crippen molar-refractivity contribution in [3.63, 3.8) is 0 Å². The first kappa shape index (κ1) is 7.25. The van der Waals surface area contributed by atoms with Crippen LogP contribution in [0, 0.1) is 0 Å². The van der Waals surface area contributed by atoms with Gasteiger partial charge >= 0.3 is 0 Å². The van der Waals surface area contributed by atoms with Gasteiger partial charge in [-0.05, 0) is 6.07 Å². The largest absolute Gasteiger partial charge is 0.383 e. The van der Waals surface area contributed by atoms with Crippen LogP contribution >= 0.6 is 0 Å². The van der Waals surface area contributed by atoms with Crippen LogP contribution in [0.4, 0.5) is 5.82 Å². The molecule has 5 heteroatoms. The minimum atomic E-state index is 0.481. The summed E-state index contributed by atoms with van der Waals surface area (Å²) in [6.07, 6.45) is 4.93. The van der Waals surface area contributed by atoms with Crippen molar-refractivity contribution in [2.45, 2.75) is 0 Å². The molecule has 3 N–H and O–H groups in total. The van der Waals surface area contributed by atoms with Gasteiger partial charge in [-0.2, -0.15) is 0 Å². The third-order valence-electron chi connectivity index (χ3n) is 2.22. The Hall–Kier alpha value is -2.17. The molecular weight excluding hydrogens is 178 g/mol. The average Bonchev–Trinajstić information content (AvgIpc) is 2.57. The minimum Gasteiger partial charge on any atom is -0.383 e. The second-order valence-corrected chi connectivity index (χ2v) is 3.03. The van der Waals surface area contributed by atoms with E-state index in [1.807, 2.05) is 6.07 Å². The Labute approximate surface area is 79.0 Å². The maximum absolute atomic E-state index is 5.77. The fourth-order valence-electron chi connectivity index (χ4n) is 1.59. The molecule has 0 unspecified atom stereocenters. The highest BCUT2D eigenvalue weighted by Crippen LogP contribution is 2.25. The van der Waals surface area contributed by atoms with Gasteiger partial charge in [0.2, 0.25) is 0 Å². The molecule has 0 aliphatic carbocycles. The van der Waals surface area contributed by atoms with Crippen molar-refractivity contribution in [3.05, 3.63) is 24.8 Å². The van der Waals surface area contributed by atoms with Crippen molar-refractivity contribution >= 4 is 27.8 Å². The Morgan fingerprint density at radius 3 is 3.14 bits per heavy atom. The van der Waals surface area contributed by atoms with E-state index in [0.29, 0.717) is 5.82 Å². The fraction of sp³-hybridized carbons (Fsp3) is 0. The second-order valence-electron chi connectivity index (χ2n) is 3.03. The lowest BCUT2D eigenvalue weighted by Crippen LogP contribution is -1.91. The highest BCUT2D eigenvalue weighted by atomic mass is 15.0. The summed E-state index contributed by atoms with van der Waals surface area (Å²) in [6, 6.07) is 1.89. The molecule has 0 aliphatic heterocycles. The van der Waals surface area contributed by atoms with Gasteiger partial charge in [0, 0.05) is 17.8 Å². The van der Waals surface area contributed by atoms with Crippen molar-refractivity contribution < 1.29 is 0 Å². The van der Waals surface area contributed by atoms with E-state index in [1.54, 1.807) is 12.4 Å². The van der Waals surface area contributed by atoms with Crippen molar-refractivity contribution in [2.75, 3.05) is 5.73 Å². The van der Waals surface area contributed by atoms with E-state index >= 15 is 0 Å². The van der Waals surface area contributed by atoms with E-state index < -0.39 is 0 Å². The summed E-state index contributed by atoms with van der Waals surface area (Å²) < 4.78 is 0. The number of rotatable bonds is 0. The number of aromatic nitrogens is 4. The van der Waals surface area contributed by atoms with E-state index in [0.717, 1.165) is 21.9 Å². The molecule has 0 spiro atoms. The number of nitrogens with two attached hydrogens (primary N) is 1. The predicted molar refractivity (Wildman–Crippen MR) is 53.6 cm³/mol. The van der Waals surface area contributed by atoms with Crippen molar-refractivity contribution in [1.29, 1.82) is 0 Å². The highest BCUT2D eigenvalue weighted by Gasteiger charge is 2.07. The van der Waals surface area contributed by atoms with Gasteiger partial charge < -0.3 is 10.7 Å². The molecule has 0 aliphatic rings. The van der Waals surface area contributed by atoms with Gasteiger partial charge in [0.15, 0.2) is 0 Å². The van der Waals surface area contributed by atoms with Gasteiger partial charge in [-0.3, -0.25) is 4.98 Å². The number of fused-ring (bicyclic) bond motifs is 3. The van der Waals surface area contributed by atoms with Crippen LogP contribution in [0.5, 0.6) is 0 Å². The monoisotopic (exact) mass is 185 g/mol. The molecular formula is C9H7N5. The lowest BCUT2D eigenvalue weighted by molar-refractivity contribution is 1.21.